The number of rotatable bonds is 5. The fourth-order valence-corrected chi connectivity index (χ4v) is 6.39. The third-order valence-electron chi connectivity index (χ3n) is 8.40. The van der Waals surface area contributed by atoms with Crippen molar-refractivity contribution in [3.05, 3.63) is 158 Å². The first-order chi connectivity index (χ1) is 22.8. The first-order valence-electron chi connectivity index (χ1n) is 15.3. The third-order valence-corrected chi connectivity index (χ3v) is 8.40. The Morgan fingerprint density at radius 3 is 1.59 bits per heavy atom. The molecule has 0 amide bonds. The molecular weight excluding hydrogens is 564 g/mol. The van der Waals surface area contributed by atoms with Crippen LogP contribution >= 0.6 is 0 Å². The molecule has 0 aliphatic heterocycles. The minimum atomic E-state index is 0.548. The molecule has 6 nitrogen and oxygen atoms in total. The highest BCUT2D eigenvalue weighted by Crippen LogP contribution is 2.45. The van der Waals surface area contributed by atoms with Crippen molar-refractivity contribution in [1.29, 1.82) is 0 Å². The monoisotopic (exact) mass is 590 g/mol. The molecule has 0 bridgehead atoms. The summed E-state index contributed by atoms with van der Waals surface area (Å²) in [6.07, 6.45) is 2.09. The van der Waals surface area contributed by atoms with E-state index < -0.39 is 0 Å². The molecule has 0 fully saturated rings. The molecule has 4 aromatic heterocycles. The van der Waals surface area contributed by atoms with E-state index in [9.17, 15) is 0 Å². The quantitative estimate of drug-likeness (QED) is 0.200. The molecule has 216 valence electrons. The minimum absolute atomic E-state index is 0.548. The van der Waals surface area contributed by atoms with Crippen LogP contribution in [0.25, 0.3) is 78.7 Å². The zero-order valence-electron chi connectivity index (χ0n) is 24.7. The summed E-state index contributed by atoms with van der Waals surface area (Å²) in [4.78, 5) is 20.4. The molecule has 0 radical (unpaired) electrons. The number of hydrogen-bond acceptors (Lipinski definition) is 4. The lowest BCUT2D eigenvalue weighted by Gasteiger charge is -2.14. The summed E-state index contributed by atoms with van der Waals surface area (Å²) in [5.74, 6) is 1.77. The summed E-state index contributed by atoms with van der Waals surface area (Å²) in [6.45, 7) is 0. The summed E-state index contributed by atoms with van der Waals surface area (Å²) in [6, 6.07) is 51.7. The fraction of sp³-hybridized carbons (Fsp3) is 0. The second kappa shape index (κ2) is 10.6. The molecule has 0 saturated heterocycles. The van der Waals surface area contributed by atoms with E-state index >= 15 is 0 Å². The van der Waals surface area contributed by atoms with Crippen molar-refractivity contribution in [1.82, 2.24) is 28.9 Å². The van der Waals surface area contributed by atoms with Gasteiger partial charge in [0, 0.05) is 28.3 Å². The van der Waals surface area contributed by atoms with E-state index in [1.807, 2.05) is 78.9 Å². The molecule has 9 aromatic rings. The Hall–Kier alpha value is -6.40. The number of aromatic nitrogens is 6. The molecule has 9 rings (SSSR count). The van der Waals surface area contributed by atoms with Gasteiger partial charge in [-0.3, -0.25) is 8.97 Å². The minimum Gasteiger partial charge on any atom is -0.299 e. The van der Waals surface area contributed by atoms with E-state index in [0.29, 0.717) is 17.6 Å². The van der Waals surface area contributed by atoms with Crippen molar-refractivity contribution in [2.75, 3.05) is 0 Å². The van der Waals surface area contributed by atoms with Crippen molar-refractivity contribution >= 4 is 27.6 Å². The Balaban J connectivity index is 1.48. The first kappa shape index (κ1) is 26.0. The maximum Gasteiger partial charge on any atom is 0.238 e. The molecule has 0 spiro atoms. The van der Waals surface area contributed by atoms with Crippen LogP contribution in [0.3, 0.4) is 0 Å². The van der Waals surface area contributed by atoms with E-state index in [0.717, 1.165) is 61.1 Å². The highest BCUT2D eigenvalue weighted by molar-refractivity contribution is 6.17. The van der Waals surface area contributed by atoms with Gasteiger partial charge < -0.3 is 0 Å². The average Bonchev–Trinajstić information content (AvgIpc) is 3.69. The molecular formula is C40H26N6. The molecule has 0 N–H and O–H groups in total. The molecule has 0 unspecified atom stereocenters. The molecule has 0 saturated carbocycles. The normalized spacial score (nSPS) is 11.5. The summed E-state index contributed by atoms with van der Waals surface area (Å²) in [5.41, 5.74) is 9.97. The number of fused-ring (bicyclic) bond motifs is 5. The highest BCUT2D eigenvalue weighted by Gasteiger charge is 2.26. The van der Waals surface area contributed by atoms with Crippen LogP contribution in [0, 0.1) is 0 Å². The highest BCUT2D eigenvalue weighted by atomic mass is 15.2. The lowest BCUT2D eigenvalue weighted by atomic mass is 9.97. The zero-order chi connectivity index (χ0) is 30.5. The van der Waals surface area contributed by atoms with Crippen molar-refractivity contribution in [3.63, 3.8) is 0 Å². The second-order valence-electron chi connectivity index (χ2n) is 11.2. The van der Waals surface area contributed by atoms with Crippen LogP contribution in [-0.4, -0.2) is 28.9 Å². The van der Waals surface area contributed by atoms with E-state index in [2.05, 4.69) is 88.0 Å². The van der Waals surface area contributed by atoms with Crippen LogP contribution in [0.1, 0.15) is 0 Å². The standard InChI is InChI=1S/C40H26N6/c1-5-15-27(16-6-1)34-35-32(25-24-31-37(35)45-26-14-13-23-33(45)41-31)46(36(34)28-17-7-2-8-18-28)40-43-38(29-19-9-3-10-20-29)42-39(44-40)30-21-11-4-12-22-30/h1-26H. The van der Waals surface area contributed by atoms with Crippen molar-refractivity contribution < 1.29 is 0 Å². The van der Waals surface area contributed by atoms with Gasteiger partial charge in [-0.1, -0.05) is 127 Å². The van der Waals surface area contributed by atoms with Crippen molar-refractivity contribution in [3.8, 4) is 51.1 Å². The van der Waals surface area contributed by atoms with Crippen LogP contribution < -0.4 is 0 Å². The van der Waals surface area contributed by atoms with E-state index in [-0.39, 0.29) is 0 Å². The van der Waals surface area contributed by atoms with Gasteiger partial charge in [-0.2, -0.15) is 9.97 Å². The Bertz CT molecular complexity index is 2440. The van der Waals surface area contributed by atoms with E-state index in [1.165, 1.54) is 0 Å². The topological polar surface area (TPSA) is 60.9 Å². The summed E-state index contributed by atoms with van der Waals surface area (Å²) in [5, 5.41) is 1.09. The van der Waals surface area contributed by atoms with Gasteiger partial charge in [-0.15, -0.1) is 0 Å². The van der Waals surface area contributed by atoms with Gasteiger partial charge >= 0.3 is 0 Å². The van der Waals surface area contributed by atoms with Gasteiger partial charge in [-0.05, 0) is 35.4 Å². The zero-order valence-corrected chi connectivity index (χ0v) is 24.7. The van der Waals surface area contributed by atoms with Gasteiger partial charge in [0.15, 0.2) is 11.6 Å². The van der Waals surface area contributed by atoms with E-state index in [4.69, 9.17) is 19.9 Å². The van der Waals surface area contributed by atoms with Crippen molar-refractivity contribution in [2.45, 2.75) is 0 Å². The molecule has 5 aromatic carbocycles. The Kier molecular flexibility index (Phi) is 6.03. The molecule has 0 atom stereocenters. The number of pyridine rings is 1. The first-order valence-corrected chi connectivity index (χ1v) is 15.3. The summed E-state index contributed by atoms with van der Waals surface area (Å²) in [7, 11) is 0. The van der Waals surface area contributed by atoms with Gasteiger partial charge in [0.1, 0.15) is 5.65 Å². The van der Waals surface area contributed by atoms with Crippen molar-refractivity contribution in [2.24, 2.45) is 0 Å². The van der Waals surface area contributed by atoms with E-state index in [1.54, 1.807) is 0 Å². The maximum atomic E-state index is 5.19. The lowest BCUT2D eigenvalue weighted by Crippen LogP contribution is -2.07. The Morgan fingerprint density at radius 2 is 0.978 bits per heavy atom. The van der Waals surface area contributed by atoms with Gasteiger partial charge in [0.25, 0.3) is 0 Å². The fourth-order valence-electron chi connectivity index (χ4n) is 6.39. The predicted octanol–water partition coefficient (Wildman–Crippen LogP) is 9.28. The molecule has 0 aliphatic carbocycles. The van der Waals surface area contributed by atoms with Gasteiger partial charge in [0.2, 0.25) is 5.95 Å². The number of benzene rings is 5. The maximum absolute atomic E-state index is 5.19. The number of hydrogen-bond donors (Lipinski definition) is 0. The molecule has 46 heavy (non-hydrogen) atoms. The largest absolute Gasteiger partial charge is 0.299 e. The summed E-state index contributed by atoms with van der Waals surface area (Å²) < 4.78 is 4.39. The molecule has 4 heterocycles. The van der Waals surface area contributed by atoms with Gasteiger partial charge in [0.05, 0.1) is 22.2 Å². The smallest absolute Gasteiger partial charge is 0.238 e. The summed E-state index contributed by atoms with van der Waals surface area (Å²) >= 11 is 0. The van der Waals surface area contributed by atoms with Crippen LogP contribution in [0.15, 0.2) is 158 Å². The second-order valence-corrected chi connectivity index (χ2v) is 11.2. The number of imidazole rings is 1. The third kappa shape index (κ3) is 4.19. The molecule has 6 heteroatoms. The lowest BCUT2D eigenvalue weighted by molar-refractivity contribution is 0.938. The van der Waals surface area contributed by atoms with Gasteiger partial charge in [-0.25, -0.2) is 9.97 Å². The SMILES string of the molecule is c1ccc(-c2nc(-c3ccccc3)nc(-n3c(-c4ccccc4)c(-c4ccccc4)c4c3ccc3nc5ccccn5c34)n2)cc1. The molecule has 0 aliphatic rings. The Labute approximate surface area is 264 Å². The van der Waals surface area contributed by atoms with Crippen LogP contribution in [0.4, 0.5) is 0 Å². The van der Waals surface area contributed by atoms with Crippen LogP contribution in [-0.2, 0) is 0 Å². The average molecular weight is 591 g/mol. The van der Waals surface area contributed by atoms with Crippen LogP contribution in [0.2, 0.25) is 0 Å². The van der Waals surface area contributed by atoms with Crippen LogP contribution in [0.5, 0.6) is 0 Å². The number of nitrogens with zero attached hydrogens (tertiary/aromatic N) is 6. The predicted molar refractivity (Wildman–Crippen MR) is 185 cm³/mol. The Morgan fingerprint density at radius 1 is 0.435 bits per heavy atom.